The molecule has 5 nitrogen and oxygen atoms in total. The van der Waals surface area contributed by atoms with Crippen LogP contribution in [0.15, 0.2) is 0 Å². The molecular weight excluding hydrogens is 194 g/mol. The van der Waals surface area contributed by atoms with Crippen molar-refractivity contribution >= 4 is 16.2 Å². The molecule has 76 valence electrons. The van der Waals surface area contributed by atoms with Gasteiger partial charge in [-0.05, 0) is 12.8 Å². The fourth-order valence-corrected chi connectivity index (χ4v) is 2.81. The van der Waals surface area contributed by atoms with Gasteiger partial charge in [-0.25, -0.2) is 4.79 Å². The minimum Gasteiger partial charge on any atom is -0.334 e. The predicted molar refractivity (Wildman–Crippen MR) is 46.5 cm³/mol. The van der Waals surface area contributed by atoms with E-state index in [1.165, 1.54) is 0 Å². The average Bonchev–Trinajstić information content (AvgIpc) is 2.04. The van der Waals surface area contributed by atoms with Gasteiger partial charge in [0, 0.05) is 0 Å². The second-order valence-corrected chi connectivity index (χ2v) is 4.97. The van der Waals surface area contributed by atoms with Crippen LogP contribution in [0.25, 0.3) is 0 Å². The lowest BCUT2D eigenvalue weighted by molar-refractivity contribution is 0.211. The normalized spacial score (nSPS) is 19.7. The van der Waals surface area contributed by atoms with Crippen LogP contribution in [0.2, 0.25) is 0 Å². The molecule has 1 amide bonds. The Kier molecular flexibility index (Phi) is 3.13. The number of carbonyl (C=O) groups excluding carboxylic acids is 1. The smallest absolute Gasteiger partial charge is 0.334 e. The SMILES string of the molecule is NC(=O)OS(=O)(=O)C1CCCCC1. The summed E-state index contributed by atoms with van der Waals surface area (Å²) in [5, 5.41) is -0.547. The molecule has 0 aromatic heterocycles. The van der Waals surface area contributed by atoms with E-state index in [0.717, 1.165) is 19.3 Å². The standard InChI is InChI=1S/C7H13NO4S/c8-7(9)12-13(10,11)6-4-2-1-3-5-6/h6H,1-5H2,(H2,8,9). The van der Waals surface area contributed by atoms with Crippen LogP contribution in [0.3, 0.4) is 0 Å². The molecule has 2 N–H and O–H groups in total. The second-order valence-electron chi connectivity index (χ2n) is 3.16. The molecule has 0 saturated heterocycles. The molecule has 0 unspecified atom stereocenters. The van der Waals surface area contributed by atoms with E-state index < -0.39 is 21.5 Å². The van der Waals surface area contributed by atoms with E-state index in [2.05, 4.69) is 9.92 Å². The van der Waals surface area contributed by atoms with Gasteiger partial charge in [0.25, 0.3) is 0 Å². The first-order valence-corrected chi connectivity index (χ1v) is 5.72. The third-order valence-corrected chi connectivity index (χ3v) is 3.84. The van der Waals surface area contributed by atoms with Gasteiger partial charge in [-0.3, -0.25) is 0 Å². The fraction of sp³-hybridized carbons (Fsp3) is 0.857. The summed E-state index contributed by atoms with van der Waals surface area (Å²) in [5.41, 5.74) is 4.64. The Labute approximate surface area is 77.4 Å². The van der Waals surface area contributed by atoms with Crippen molar-refractivity contribution in [2.75, 3.05) is 0 Å². The van der Waals surface area contributed by atoms with E-state index >= 15 is 0 Å². The van der Waals surface area contributed by atoms with E-state index in [0.29, 0.717) is 12.8 Å². The maximum Gasteiger partial charge on any atom is 0.420 e. The zero-order valence-corrected chi connectivity index (χ0v) is 8.05. The van der Waals surface area contributed by atoms with Gasteiger partial charge in [-0.1, -0.05) is 19.3 Å². The number of amides is 1. The minimum atomic E-state index is -3.76. The van der Waals surface area contributed by atoms with Crippen molar-refractivity contribution in [3.63, 3.8) is 0 Å². The van der Waals surface area contributed by atoms with Crippen LogP contribution >= 0.6 is 0 Å². The highest BCUT2D eigenvalue weighted by Crippen LogP contribution is 2.24. The summed E-state index contributed by atoms with van der Waals surface area (Å²) in [5.74, 6) is 0. The summed E-state index contributed by atoms with van der Waals surface area (Å²) in [6.45, 7) is 0. The summed E-state index contributed by atoms with van der Waals surface area (Å²) in [4.78, 5) is 10.3. The van der Waals surface area contributed by atoms with Gasteiger partial charge < -0.3 is 9.92 Å². The molecule has 0 aromatic rings. The number of hydrogen-bond acceptors (Lipinski definition) is 4. The van der Waals surface area contributed by atoms with Crippen LogP contribution in [0.4, 0.5) is 4.79 Å². The molecule has 13 heavy (non-hydrogen) atoms. The van der Waals surface area contributed by atoms with Gasteiger partial charge in [0.2, 0.25) is 0 Å². The first-order valence-electron chi connectivity index (χ1n) is 4.25. The summed E-state index contributed by atoms with van der Waals surface area (Å²) < 4.78 is 26.6. The predicted octanol–water partition coefficient (Wildman–Crippen LogP) is 0.744. The Hall–Kier alpha value is -0.780. The molecule has 0 bridgehead atoms. The average molecular weight is 207 g/mol. The lowest BCUT2D eigenvalue weighted by Gasteiger charge is -2.19. The molecule has 0 aromatic carbocycles. The van der Waals surface area contributed by atoms with Gasteiger partial charge in [0.15, 0.2) is 0 Å². The quantitative estimate of drug-likeness (QED) is 0.677. The van der Waals surface area contributed by atoms with Gasteiger partial charge >= 0.3 is 16.2 Å². The van der Waals surface area contributed by atoms with Crippen molar-refractivity contribution in [2.45, 2.75) is 37.4 Å². The summed E-state index contributed by atoms with van der Waals surface area (Å²) >= 11 is 0. The van der Waals surface area contributed by atoms with E-state index in [4.69, 9.17) is 0 Å². The molecule has 1 aliphatic carbocycles. The van der Waals surface area contributed by atoms with Gasteiger partial charge in [-0.2, -0.15) is 8.42 Å². The van der Waals surface area contributed by atoms with Crippen molar-refractivity contribution in [1.82, 2.24) is 0 Å². The Morgan fingerprint density at radius 1 is 1.23 bits per heavy atom. The molecule has 0 atom stereocenters. The van der Waals surface area contributed by atoms with Gasteiger partial charge in [0.05, 0.1) is 5.25 Å². The fourth-order valence-electron chi connectivity index (χ4n) is 1.54. The van der Waals surface area contributed by atoms with Crippen LogP contribution in [0.1, 0.15) is 32.1 Å². The highest BCUT2D eigenvalue weighted by molar-refractivity contribution is 7.87. The van der Waals surface area contributed by atoms with E-state index in [9.17, 15) is 13.2 Å². The Morgan fingerprint density at radius 2 is 1.77 bits per heavy atom. The first kappa shape index (κ1) is 10.3. The zero-order valence-electron chi connectivity index (χ0n) is 7.23. The number of carbonyl (C=O) groups is 1. The Balaban J connectivity index is 2.62. The third kappa shape index (κ3) is 2.87. The molecule has 0 radical (unpaired) electrons. The minimum absolute atomic E-state index is 0.547. The second kappa shape index (κ2) is 3.95. The van der Waals surface area contributed by atoms with Crippen molar-refractivity contribution in [3.05, 3.63) is 0 Å². The maximum absolute atomic E-state index is 11.3. The molecule has 6 heteroatoms. The van der Waals surface area contributed by atoms with Crippen LogP contribution in [-0.2, 0) is 14.3 Å². The molecule has 1 saturated carbocycles. The lowest BCUT2D eigenvalue weighted by atomic mass is 10.0. The third-order valence-electron chi connectivity index (χ3n) is 2.16. The van der Waals surface area contributed by atoms with Gasteiger partial charge in [0.1, 0.15) is 0 Å². The molecule has 0 spiro atoms. The highest BCUT2D eigenvalue weighted by Gasteiger charge is 2.29. The van der Waals surface area contributed by atoms with Crippen molar-refractivity contribution in [2.24, 2.45) is 5.73 Å². The number of nitrogens with two attached hydrogens (primary N) is 1. The summed E-state index contributed by atoms with van der Waals surface area (Å²) in [6.07, 6.45) is 2.66. The van der Waals surface area contributed by atoms with Crippen molar-refractivity contribution < 1.29 is 17.4 Å². The molecule has 1 rings (SSSR count). The van der Waals surface area contributed by atoms with Crippen molar-refractivity contribution in [1.29, 1.82) is 0 Å². The van der Waals surface area contributed by atoms with Crippen LogP contribution in [0.5, 0.6) is 0 Å². The zero-order chi connectivity index (χ0) is 9.90. The molecule has 0 aliphatic heterocycles. The topological polar surface area (TPSA) is 86.5 Å². The highest BCUT2D eigenvalue weighted by atomic mass is 32.2. The lowest BCUT2D eigenvalue weighted by Crippen LogP contribution is -2.30. The molecular formula is C7H13NO4S. The summed E-state index contributed by atoms with van der Waals surface area (Å²) in [7, 11) is -3.76. The van der Waals surface area contributed by atoms with Gasteiger partial charge in [-0.15, -0.1) is 0 Å². The number of primary amides is 1. The molecule has 1 aliphatic rings. The monoisotopic (exact) mass is 207 g/mol. The van der Waals surface area contributed by atoms with Crippen molar-refractivity contribution in [3.8, 4) is 0 Å². The van der Waals surface area contributed by atoms with Crippen LogP contribution < -0.4 is 5.73 Å². The summed E-state index contributed by atoms with van der Waals surface area (Å²) in [6, 6.07) is 0. The van der Waals surface area contributed by atoms with E-state index in [-0.39, 0.29) is 0 Å². The van der Waals surface area contributed by atoms with Crippen LogP contribution in [0, 0.1) is 0 Å². The number of rotatable bonds is 2. The van der Waals surface area contributed by atoms with E-state index in [1.807, 2.05) is 0 Å². The molecule has 0 heterocycles. The maximum atomic E-state index is 11.3. The Bertz CT molecular complexity index is 279. The largest absolute Gasteiger partial charge is 0.420 e. The Morgan fingerprint density at radius 3 is 2.23 bits per heavy atom. The van der Waals surface area contributed by atoms with Crippen LogP contribution in [-0.4, -0.2) is 19.8 Å². The first-order chi connectivity index (χ1) is 6.02. The van der Waals surface area contributed by atoms with E-state index in [1.54, 1.807) is 0 Å². The molecule has 1 fully saturated rings. The number of hydrogen-bond donors (Lipinski definition) is 1.